The van der Waals surface area contributed by atoms with Crippen LogP contribution < -0.4 is 4.90 Å². The van der Waals surface area contributed by atoms with E-state index in [1.54, 1.807) is 7.05 Å². The van der Waals surface area contributed by atoms with E-state index < -0.39 is 16.0 Å². The topological polar surface area (TPSA) is 71.8 Å². The number of carbonyl (C=O) groups excluding carboxylic acids is 1. The maximum Gasteiger partial charge on any atom is 0.354 e. The van der Waals surface area contributed by atoms with E-state index >= 15 is 0 Å². The van der Waals surface area contributed by atoms with Crippen LogP contribution in [0.1, 0.15) is 23.0 Å². The fourth-order valence-corrected chi connectivity index (χ4v) is 5.05. The largest absolute Gasteiger partial charge is 0.464 e. The van der Waals surface area contributed by atoms with Crippen molar-refractivity contribution in [3.05, 3.63) is 47.8 Å². The molecule has 0 amide bonds. The Morgan fingerprint density at radius 1 is 1.22 bits per heavy atom. The van der Waals surface area contributed by atoms with Gasteiger partial charge in [-0.05, 0) is 37.6 Å². The van der Waals surface area contributed by atoms with Crippen LogP contribution in [0.25, 0.3) is 0 Å². The van der Waals surface area contributed by atoms with Crippen LogP contribution in [0, 0.1) is 6.92 Å². The molecular formula is C19H25N3O4S. The highest BCUT2D eigenvalue weighted by Gasteiger charge is 2.33. The third-order valence-corrected chi connectivity index (χ3v) is 6.77. The molecule has 1 fully saturated rings. The fourth-order valence-electron chi connectivity index (χ4n) is 3.46. The van der Waals surface area contributed by atoms with Crippen molar-refractivity contribution in [2.75, 3.05) is 31.6 Å². The van der Waals surface area contributed by atoms with Crippen molar-refractivity contribution >= 4 is 21.7 Å². The van der Waals surface area contributed by atoms with Crippen molar-refractivity contribution in [2.45, 2.75) is 24.8 Å². The van der Waals surface area contributed by atoms with E-state index in [9.17, 15) is 13.2 Å². The van der Waals surface area contributed by atoms with Crippen molar-refractivity contribution < 1.29 is 17.9 Å². The summed E-state index contributed by atoms with van der Waals surface area (Å²) in [4.78, 5) is 14.1. The lowest BCUT2D eigenvalue weighted by atomic mass is 10.1. The van der Waals surface area contributed by atoms with Crippen molar-refractivity contribution in [1.82, 2.24) is 8.87 Å². The number of carbonyl (C=O) groups is 1. The van der Waals surface area contributed by atoms with Crippen LogP contribution in [0.5, 0.6) is 0 Å². The zero-order valence-corrected chi connectivity index (χ0v) is 16.9. The van der Waals surface area contributed by atoms with Crippen LogP contribution in [0.2, 0.25) is 0 Å². The summed E-state index contributed by atoms with van der Waals surface area (Å²) in [6.07, 6.45) is 1.46. The maximum absolute atomic E-state index is 13.0. The minimum atomic E-state index is -3.67. The minimum absolute atomic E-state index is 0.0408. The van der Waals surface area contributed by atoms with E-state index in [2.05, 4.69) is 11.0 Å². The van der Waals surface area contributed by atoms with Crippen LogP contribution in [0.4, 0.5) is 5.69 Å². The van der Waals surface area contributed by atoms with Gasteiger partial charge in [0.05, 0.1) is 7.11 Å². The first-order valence-corrected chi connectivity index (χ1v) is 10.3. The highest BCUT2D eigenvalue weighted by Crippen LogP contribution is 2.26. The number of piperazine rings is 1. The number of hydrogen-bond donors (Lipinski definition) is 0. The predicted octanol–water partition coefficient (Wildman–Crippen LogP) is 2.02. The molecule has 1 saturated heterocycles. The van der Waals surface area contributed by atoms with Gasteiger partial charge in [0, 0.05) is 44.6 Å². The Hall–Kier alpha value is -2.32. The summed E-state index contributed by atoms with van der Waals surface area (Å²) in [6, 6.07) is 9.63. The number of aryl methyl sites for hydroxylation is 2. The Morgan fingerprint density at radius 2 is 1.96 bits per heavy atom. The van der Waals surface area contributed by atoms with Gasteiger partial charge in [0.2, 0.25) is 10.0 Å². The molecule has 146 valence electrons. The molecule has 0 radical (unpaired) electrons. The monoisotopic (exact) mass is 391 g/mol. The number of aromatic nitrogens is 1. The number of esters is 1. The number of ether oxygens (including phenoxy) is 1. The van der Waals surface area contributed by atoms with Crippen LogP contribution >= 0.6 is 0 Å². The number of methoxy groups -OCH3 is 1. The first-order valence-electron chi connectivity index (χ1n) is 8.82. The molecule has 7 nitrogen and oxygen atoms in total. The molecule has 0 saturated carbocycles. The van der Waals surface area contributed by atoms with Crippen LogP contribution in [-0.2, 0) is 21.8 Å². The normalized spacial score (nSPS) is 18.5. The Morgan fingerprint density at radius 3 is 2.59 bits per heavy atom. The van der Waals surface area contributed by atoms with Crippen molar-refractivity contribution in [2.24, 2.45) is 7.05 Å². The first kappa shape index (κ1) is 19.4. The molecule has 0 N–H and O–H groups in total. The summed E-state index contributed by atoms with van der Waals surface area (Å²) < 4.78 is 33.8. The molecule has 3 rings (SSSR count). The lowest BCUT2D eigenvalue weighted by molar-refractivity contribution is 0.0590. The standard InChI is InChI=1S/C19H25N3O4S/c1-14-6-5-7-16(10-14)22-9-8-21(12-15(22)2)27(24,25)17-11-18(19(23)26-4)20(3)13-17/h5-7,10-11,13,15H,8-9,12H2,1-4H3/t15-/m1/s1. The van der Waals surface area contributed by atoms with Gasteiger partial charge in [-0.25, -0.2) is 13.2 Å². The lowest BCUT2D eigenvalue weighted by Crippen LogP contribution is -2.53. The number of sulfonamides is 1. The van der Waals surface area contributed by atoms with Crippen molar-refractivity contribution in [3.63, 3.8) is 0 Å². The average Bonchev–Trinajstić information content (AvgIpc) is 3.03. The Labute approximate surface area is 160 Å². The fraction of sp³-hybridized carbons (Fsp3) is 0.421. The number of rotatable bonds is 4. The maximum atomic E-state index is 13.0. The lowest BCUT2D eigenvalue weighted by Gasteiger charge is -2.40. The smallest absolute Gasteiger partial charge is 0.354 e. The molecule has 0 unspecified atom stereocenters. The van der Waals surface area contributed by atoms with Gasteiger partial charge in [-0.1, -0.05) is 12.1 Å². The Balaban J connectivity index is 1.81. The summed E-state index contributed by atoms with van der Waals surface area (Å²) in [7, 11) is -0.772. The molecule has 1 aromatic heterocycles. The zero-order chi connectivity index (χ0) is 19.8. The molecule has 2 aromatic rings. The van der Waals surface area contributed by atoms with Gasteiger partial charge < -0.3 is 14.2 Å². The quantitative estimate of drug-likeness (QED) is 0.746. The van der Waals surface area contributed by atoms with Gasteiger partial charge in [-0.15, -0.1) is 0 Å². The molecule has 0 aliphatic carbocycles. The summed E-state index contributed by atoms with van der Waals surface area (Å²) in [5.41, 5.74) is 2.49. The average molecular weight is 391 g/mol. The van der Waals surface area contributed by atoms with Gasteiger partial charge >= 0.3 is 5.97 Å². The summed E-state index contributed by atoms with van der Waals surface area (Å²) >= 11 is 0. The van der Waals surface area contributed by atoms with Gasteiger partial charge in [0.1, 0.15) is 10.6 Å². The number of nitrogens with zero attached hydrogens (tertiary/aromatic N) is 3. The second kappa shape index (κ2) is 7.36. The molecule has 8 heteroatoms. The van der Waals surface area contributed by atoms with E-state index in [0.717, 1.165) is 5.69 Å². The van der Waals surface area contributed by atoms with Crippen LogP contribution in [0.3, 0.4) is 0 Å². The summed E-state index contributed by atoms with van der Waals surface area (Å²) in [5.74, 6) is -0.559. The molecule has 1 aliphatic heterocycles. The van der Waals surface area contributed by atoms with E-state index in [1.165, 1.54) is 33.8 Å². The van der Waals surface area contributed by atoms with E-state index in [4.69, 9.17) is 4.74 Å². The van der Waals surface area contributed by atoms with E-state index in [0.29, 0.717) is 19.6 Å². The zero-order valence-electron chi connectivity index (χ0n) is 16.0. The molecular weight excluding hydrogens is 366 g/mol. The number of anilines is 1. The third kappa shape index (κ3) is 3.72. The van der Waals surface area contributed by atoms with Gasteiger partial charge in [0.15, 0.2) is 0 Å². The van der Waals surface area contributed by atoms with Crippen LogP contribution in [0.15, 0.2) is 41.4 Å². The molecule has 27 heavy (non-hydrogen) atoms. The Bertz CT molecular complexity index is 952. The molecule has 0 spiro atoms. The molecule has 1 aromatic carbocycles. The number of benzene rings is 1. The molecule has 1 aliphatic rings. The number of hydrogen-bond acceptors (Lipinski definition) is 5. The second-order valence-corrected chi connectivity index (χ2v) is 8.85. The van der Waals surface area contributed by atoms with Gasteiger partial charge in [-0.3, -0.25) is 0 Å². The highest BCUT2D eigenvalue weighted by atomic mass is 32.2. The second-order valence-electron chi connectivity index (χ2n) is 6.91. The molecule has 0 bridgehead atoms. The van der Waals surface area contributed by atoms with E-state index in [1.807, 2.05) is 32.0 Å². The SMILES string of the molecule is COC(=O)c1cc(S(=O)(=O)N2CCN(c3cccc(C)c3)[C@H](C)C2)cn1C. The third-order valence-electron chi connectivity index (χ3n) is 4.94. The molecule has 1 atom stereocenters. The van der Waals surface area contributed by atoms with Crippen molar-refractivity contribution in [1.29, 1.82) is 0 Å². The summed E-state index contributed by atoms with van der Waals surface area (Å²) in [6.45, 7) is 5.46. The van der Waals surface area contributed by atoms with Gasteiger partial charge in [0.25, 0.3) is 0 Å². The van der Waals surface area contributed by atoms with Crippen LogP contribution in [-0.4, -0.2) is 56.0 Å². The summed E-state index contributed by atoms with van der Waals surface area (Å²) in [5, 5.41) is 0. The molecule has 2 heterocycles. The highest BCUT2D eigenvalue weighted by molar-refractivity contribution is 7.89. The predicted molar refractivity (Wildman–Crippen MR) is 103 cm³/mol. The van der Waals surface area contributed by atoms with E-state index in [-0.39, 0.29) is 16.6 Å². The van der Waals surface area contributed by atoms with Crippen molar-refractivity contribution in [3.8, 4) is 0 Å². The Kier molecular flexibility index (Phi) is 5.30. The first-order chi connectivity index (χ1) is 12.7. The minimum Gasteiger partial charge on any atom is -0.464 e. The van der Waals surface area contributed by atoms with Gasteiger partial charge in [-0.2, -0.15) is 4.31 Å².